The maximum atomic E-state index is 13.3. The molecule has 204 valence electrons. The van der Waals surface area contributed by atoms with Crippen molar-refractivity contribution in [3.63, 3.8) is 0 Å². The number of hydrogen-bond donors (Lipinski definition) is 3. The Bertz CT molecular complexity index is 1210. The largest absolute Gasteiger partial charge is 0.353 e. The minimum atomic E-state index is -0.832. The Labute approximate surface area is 230 Å². The van der Waals surface area contributed by atoms with E-state index in [-0.39, 0.29) is 36.0 Å². The fourth-order valence-electron chi connectivity index (χ4n) is 5.22. The number of nitrogens with zero attached hydrogens (tertiary/aromatic N) is 4. The van der Waals surface area contributed by atoms with Crippen LogP contribution in [0.2, 0.25) is 5.02 Å². The predicted molar refractivity (Wildman–Crippen MR) is 143 cm³/mol. The van der Waals surface area contributed by atoms with Crippen molar-refractivity contribution in [3.05, 3.63) is 38.9 Å². The summed E-state index contributed by atoms with van der Waals surface area (Å²) in [6.45, 7) is 1.70. The van der Waals surface area contributed by atoms with Gasteiger partial charge in [0.25, 0.3) is 5.91 Å². The Morgan fingerprint density at radius 3 is 2.68 bits per heavy atom. The molecule has 5 atom stereocenters. The van der Waals surface area contributed by atoms with Crippen LogP contribution in [-0.2, 0) is 27.3 Å². The molecule has 0 radical (unpaired) electrons. The zero-order valence-electron chi connectivity index (χ0n) is 21.6. The van der Waals surface area contributed by atoms with E-state index >= 15 is 0 Å². The number of anilines is 1. The number of hydrogen-bond acceptors (Lipinski definition) is 9. The average Bonchev–Trinajstić information content (AvgIpc) is 3.58. The van der Waals surface area contributed by atoms with Gasteiger partial charge in [0.15, 0.2) is 5.01 Å². The third-order valence-corrected chi connectivity index (χ3v) is 8.59. The van der Waals surface area contributed by atoms with Crippen LogP contribution in [0.15, 0.2) is 18.3 Å². The Morgan fingerprint density at radius 1 is 1.16 bits per heavy atom. The van der Waals surface area contributed by atoms with Crippen LogP contribution in [0.3, 0.4) is 0 Å². The number of fused-ring (bicyclic) bond motifs is 1. The van der Waals surface area contributed by atoms with E-state index in [0.717, 1.165) is 36.5 Å². The minimum absolute atomic E-state index is 0.0582. The molecule has 2 aromatic rings. The molecule has 5 rings (SSSR count). The van der Waals surface area contributed by atoms with Crippen LogP contribution >= 0.6 is 22.9 Å². The molecule has 3 amide bonds. The van der Waals surface area contributed by atoms with Crippen molar-refractivity contribution >= 4 is 46.5 Å². The topological polar surface area (TPSA) is 132 Å². The second-order valence-electron chi connectivity index (χ2n) is 10.4. The zero-order chi connectivity index (χ0) is 27.0. The average molecular weight is 562 g/mol. The lowest BCUT2D eigenvalue weighted by atomic mass is 9.80. The predicted octanol–water partition coefficient (Wildman–Crippen LogP) is 1.49. The maximum absolute atomic E-state index is 13.3. The number of thiazole rings is 1. The van der Waals surface area contributed by atoms with E-state index < -0.39 is 17.9 Å². The van der Waals surface area contributed by atoms with E-state index in [1.54, 1.807) is 6.07 Å². The first-order chi connectivity index (χ1) is 18.2. The molecule has 2 fully saturated rings. The Balaban J connectivity index is 1.26. The lowest BCUT2D eigenvalue weighted by Crippen LogP contribution is -2.56. The van der Waals surface area contributed by atoms with E-state index in [4.69, 9.17) is 16.3 Å². The van der Waals surface area contributed by atoms with Gasteiger partial charge in [0.05, 0.1) is 10.7 Å². The lowest BCUT2D eigenvalue weighted by Gasteiger charge is -2.36. The number of carbonyl (C=O) groups excluding carboxylic acids is 3. The SMILES string of the molecule is CN1CCc2nc(C(=O)N[C@@H]3C[C@@H](C4OC4N(C)C)CC[C@@H]3NC(=O)C(=O)Nc3ccc(Cl)cn3)sc2C1. The molecule has 38 heavy (non-hydrogen) atoms. The molecule has 13 heteroatoms. The monoisotopic (exact) mass is 561 g/mol. The standard InChI is InChI=1S/C25H32ClN7O4S/c1-32(2)25-20(37-25)13-4-6-15(28-21(34)22(35)31-19-7-5-14(26)11-27-19)17(10-13)29-23(36)24-30-16-8-9-33(3)12-18(16)38-24/h5,7,11,13,15,17,20,25H,4,6,8-10,12H2,1-3H3,(H,28,34)(H,29,36)(H,27,31,35)/t13-,15-,17+,20?,25?/m0/s1. The van der Waals surface area contributed by atoms with E-state index in [9.17, 15) is 14.4 Å². The fraction of sp³-hybridized carbons (Fsp3) is 0.560. The van der Waals surface area contributed by atoms with Crippen LogP contribution in [0.4, 0.5) is 5.82 Å². The number of carbonyl (C=O) groups is 3. The first-order valence-electron chi connectivity index (χ1n) is 12.7. The molecular weight excluding hydrogens is 530 g/mol. The number of pyridine rings is 1. The van der Waals surface area contributed by atoms with Gasteiger partial charge in [-0.2, -0.15) is 0 Å². The molecule has 2 unspecified atom stereocenters. The number of ether oxygens (including phenoxy) is 1. The number of halogens is 1. The summed E-state index contributed by atoms with van der Waals surface area (Å²) in [5, 5.41) is 9.28. The summed E-state index contributed by atoms with van der Waals surface area (Å²) in [4.78, 5) is 52.6. The first-order valence-corrected chi connectivity index (χ1v) is 13.9. The van der Waals surface area contributed by atoms with Crippen molar-refractivity contribution in [2.75, 3.05) is 33.0 Å². The van der Waals surface area contributed by atoms with Crippen LogP contribution in [0.5, 0.6) is 0 Å². The number of nitrogens with one attached hydrogen (secondary N) is 3. The van der Waals surface area contributed by atoms with E-state index in [1.807, 2.05) is 19.0 Å². The summed E-state index contributed by atoms with van der Waals surface area (Å²) in [6.07, 6.45) is 4.39. The third-order valence-electron chi connectivity index (χ3n) is 7.29. The molecule has 1 aliphatic carbocycles. The molecule has 0 aromatic carbocycles. The van der Waals surface area contributed by atoms with Gasteiger partial charge in [-0.1, -0.05) is 11.6 Å². The van der Waals surface area contributed by atoms with Crippen LogP contribution in [-0.4, -0.2) is 89.6 Å². The zero-order valence-corrected chi connectivity index (χ0v) is 23.1. The first kappa shape index (κ1) is 26.9. The molecule has 4 heterocycles. The van der Waals surface area contributed by atoms with Crippen molar-refractivity contribution in [3.8, 4) is 0 Å². The molecule has 11 nitrogen and oxygen atoms in total. The Kier molecular flexibility index (Phi) is 7.96. The highest BCUT2D eigenvalue weighted by molar-refractivity contribution is 7.13. The molecule has 0 bridgehead atoms. The van der Waals surface area contributed by atoms with Crippen molar-refractivity contribution < 1.29 is 19.1 Å². The van der Waals surface area contributed by atoms with Crippen molar-refractivity contribution in [2.45, 2.75) is 56.6 Å². The van der Waals surface area contributed by atoms with Gasteiger partial charge in [0.1, 0.15) is 18.1 Å². The van der Waals surface area contributed by atoms with E-state index in [2.05, 4.69) is 37.9 Å². The van der Waals surface area contributed by atoms with Gasteiger partial charge >= 0.3 is 11.8 Å². The van der Waals surface area contributed by atoms with Crippen LogP contribution < -0.4 is 16.0 Å². The fourth-order valence-corrected chi connectivity index (χ4v) is 6.42. The molecule has 0 spiro atoms. The molecule has 1 saturated heterocycles. The number of amides is 3. The molecule has 3 aliphatic rings. The van der Waals surface area contributed by atoms with Crippen molar-refractivity contribution in [1.82, 2.24) is 30.4 Å². The van der Waals surface area contributed by atoms with Crippen molar-refractivity contribution in [2.24, 2.45) is 5.92 Å². The van der Waals surface area contributed by atoms with Gasteiger partial charge in [-0.25, -0.2) is 9.97 Å². The van der Waals surface area contributed by atoms with Gasteiger partial charge in [-0.3, -0.25) is 19.3 Å². The highest BCUT2D eigenvalue weighted by Crippen LogP contribution is 2.39. The van der Waals surface area contributed by atoms with Gasteiger partial charge in [0, 0.05) is 42.7 Å². The molecule has 2 aliphatic heterocycles. The normalized spacial score (nSPS) is 26.9. The number of likely N-dealkylation sites (N-methyl/N-ethyl adjacent to an activating group) is 2. The van der Waals surface area contributed by atoms with Gasteiger partial charge in [-0.15, -0.1) is 11.3 Å². The van der Waals surface area contributed by atoms with Gasteiger partial charge < -0.3 is 25.6 Å². The number of aromatic nitrogens is 2. The lowest BCUT2D eigenvalue weighted by molar-refractivity contribution is -0.136. The summed E-state index contributed by atoms with van der Waals surface area (Å²) in [5.41, 5.74) is 0.984. The second-order valence-corrected chi connectivity index (χ2v) is 11.9. The van der Waals surface area contributed by atoms with E-state index in [1.165, 1.54) is 23.6 Å². The molecular formula is C25H32ClN7O4S. The minimum Gasteiger partial charge on any atom is -0.353 e. The summed E-state index contributed by atoms with van der Waals surface area (Å²) >= 11 is 7.25. The Morgan fingerprint density at radius 2 is 1.97 bits per heavy atom. The van der Waals surface area contributed by atoms with Crippen molar-refractivity contribution in [1.29, 1.82) is 0 Å². The second kappa shape index (κ2) is 11.2. The van der Waals surface area contributed by atoms with Crippen LogP contribution in [0.25, 0.3) is 0 Å². The highest BCUT2D eigenvalue weighted by Gasteiger charge is 2.49. The van der Waals surface area contributed by atoms with Crippen LogP contribution in [0.1, 0.15) is 39.6 Å². The third kappa shape index (κ3) is 6.15. The van der Waals surface area contributed by atoms with Gasteiger partial charge in [0.2, 0.25) is 0 Å². The summed E-state index contributed by atoms with van der Waals surface area (Å²) in [6, 6.07) is 2.31. The Hall–Kier alpha value is -2.64. The van der Waals surface area contributed by atoms with Gasteiger partial charge in [-0.05, 0) is 58.5 Å². The molecule has 2 aromatic heterocycles. The maximum Gasteiger partial charge on any atom is 0.314 e. The highest BCUT2D eigenvalue weighted by atomic mass is 35.5. The summed E-state index contributed by atoms with van der Waals surface area (Å²) < 4.78 is 5.88. The number of epoxide rings is 1. The van der Waals surface area contributed by atoms with E-state index in [0.29, 0.717) is 22.9 Å². The summed E-state index contributed by atoms with van der Waals surface area (Å²) in [5.74, 6) is -1.42. The molecule has 1 saturated carbocycles. The summed E-state index contributed by atoms with van der Waals surface area (Å²) in [7, 11) is 6.01. The van der Waals surface area contributed by atoms with Crippen LogP contribution in [0, 0.1) is 5.92 Å². The number of rotatable bonds is 6. The smallest absolute Gasteiger partial charge is 0.314 e. The quantitative estimate of drug-likeness (QED) is 0.357. The molecule has 3 N–H and O–H groups in total.